The molecule has 2 aliphatic rings. The summed E-state index contributed by atoms with van der Waals surface area (Å²) >= 11 is 5.56. The number of anilines is 3. The van der Waals surface area contributed by atoms with Crippen LogP contribution >= 0.6 is 12.2 Å². The van der Waals surface area contributed by atoms with Gasteiger partial charge in [-0.15, -0.1) is 0 Å². The van der Waals surface area contributed by atoms with E-state index in [1.54, 1.807) is 7.11 Å². The average molecular weight is 491 g/mol. The highest BCUT2D eigenvalue weighted by molar-refractivity contribution is 7.80. The topological polar surface area (TPSA) is 74.8 Å². The van der Waals surface area contributed by atoms with Gasteiger partial charge in [0.15, 0.2) is 5.11 Å². The summed E-state index contributed by atoms with van der Waals surface area (Å²) < 4.78 is 10.8. The van der Waals surface area contributed by atoms with Crippen LogP contribution in [0.15, 0.2) is 54.6 Å². The minimum Gasteiger partial charge on any atom is -0.497 e. The first-order valence-corrected chi connectivity index (χ1v) is 12.3. The van der Waals surface area contributed by atoms with Crippen LogP contribution in [0.1, 0.15) is 16.7 Å². The molecule has 2 aromatic carbocycles. The molecule has 1 saturated heterocycles. The highest BCUT2D eigenvalue weighted by Gasteiger charge is 2.21. The molecule has 0 bridgehead atoms. The monoisotopic (exact) mass is 490 g/mol. The van der Waals surface area contributed by atoms with Gasteiger partial charge in [0.2, 0.25) is 5.95 Å². The number of fused-ring (bicyclic) bond motifs is 1. The van der Waals surface area contributed by atoms with Crippen LogP contribution in [0, 0.1) is 0 Å². The Bertz CT molecular complexity index is 1170. The SMILES string of the molecule is COc1ccc(CNC(=S)Nc2nc(N3CCOCC3)cc(N3CCc4ccccc4C3)n2)cc1. The highest BCUT2D eigenvalue weighted by atomic mass is 32.1. The van der Waals surface area contributed by atoms with Gasteiger partial charge in [0.25, 0.3) is 0 Å². The molecule has 8 nitrogen and oxygen atoms in total. The molecule has 1 fully saturated rings. The zero-order valence-corrected chi connectivity index (χ0v) is 20.7. The Morgan fingerprint density at radius 1 is 0.971 bits per heavy atom. The second-order valence-corrected chi connectivity index (χ2v) is 9.01. The van der Waals surface area contributed by atoms with Crippen LogP contribution in [-0.2, 0) is 24.2 Å². The van der Waals surface area contributed by atoms with Gasteiger partial charge in [0, 0.05) is 38.8 Å². The molecule has 0 radical (unpaired) electrons. The third kappa shape index (κ3) is 5.80. The summed E-state index contributed by atoms with van der Waals surface area (Å²) in [7, 11) is 1.66. The molecule has 0 spiro atoms. The molecule has 35 heavy (non-hydrogen) atoms. The van der Waals surface area contributed by atoms with Crippen LogP contribution in [0.25, 0.3) is 0 Å². The summed E-state index contributed by atoms with van der Waals surface area (Å²) in [6, 6.07) is 18.6. The van der Waals surface area contributed by atoms with E-state index in [-0.39, 0.29) is 0 Å². The minimum absolute atomic E-state index is 0.481. The Morgan fingerprint density at radius 3 is 2.43 bits per heavy atom. The number of thiocarbonyl (C=S) groups is 1. The summed E-state index contributed by atoms with van der Waals surface area (Å²) in [5, 5.41) is 6.93. The second kappa shape index (κ2) is 10.9. The van der Waals surface area contributed by atoms with Crippen molar-refractivity contribution in [3.8, 4) is 5.75 Å². The van der Waals surface area contributed by atoms with E-state index >= 15 is 0 Å². The molecular formula is C26H30N6O2S. The van der Waals surface area contributed by atoms with Gasteiger partial charge in [0.1, 0.15) is 17.4 Å². The first kappa shape index (κ1) is 23.3. The van der Waals surface area contributed by atoms with Gasteiger partial charge in [0.05, 0.1) is 20.3 Å². The third-order valence-electron chi connectivity index (χ3n) is 6.33. The van der Waals surface area contributed by atoms with E-state index in [4.69, 9.17) is 31.7 Å². The predicted octanol–water partition coefficient (Wildman–Crippen LogP) is 3.37. The minimum atomic E-state index is 0.481. The van der Waals surface area contributed by atoms with Crippen molar-refractivity contribution < 1.29 is 9.47 Å². The summed E-state index contributed by atoms with van der Waals surface area (Å²) in [6.45, 7) is 5.33. The normalized spacial score (nSPS) is 15.3. The van der Waals surface area contributed by atoms with Crippen molar-refractivity contribution in [3.63, 3.8) is 0 Å². The van der Waals surface area contributed by atoms with Gasteiger partial charge in [-0.1, -0.05) is 36.4 Å². The molecule has 182 valence electrons. The Labute approximate surface area is 211 Å². The van der Waals surface area contributed by atoms with Crippen LogP contribution in [0.2, 0.25) is 0 Å². The van der Waals surface area contributed by atoms with Crippen LogP contribution in [0.5, 0.6) is 5.75 Å². The maximum Gasteiger partial charge on any atom is 0.232 e. The number of aromatic nitrogens is 2. The smallest absolute Gasteiger partial charge is 0.232 e. The molecule has 0 amide bonds. The number of ether oxygens (including phenoxy) is 2. The molecule has 0 aliphatic carbocycles. The first-order valence-electron chi connectivity index (χ1n) is 11.9. The summed E-state index contributed by atoms with van der Waals surface area (Å²) in [4.78, 5) is 14.2. The zero-order valence-electron chi connectivity index (χ0n) is 19.9. The second-order valence-electron chi connectivity index (χ2n) is 8.60. The van der Waals surface area contributed by atoms with Gasteiger partial charge in [-0.25, -0.2) is 0 Å². The lowest BCUT2D eigenvalue weighted by Gasteiger charge is -2.32. The molecule has 0 saturated carbocycles. The van der Waals surface area contributed by atoms with E-state index < -0.39 is 0 Å². The molecule has 0 unspecified atom stereocenters. The van der Waals surface area contributed by atoms with Crippen LogP contribution in [-0.4, -0.2) is 55.0 Å². The molecule has 1 aromatic heterocycles. The van der Waals surface area contributed by atoms with Crippen molar-refractivity contribution in [1.82, 2.24) is 15.3 Å². The fourth-order valence-electron chi connectivity index (χ4n) is 4.36. The van der Waals surface area contributed by atoms with E-state index in [9.17, 15) is 0 Å². The number of nitrogens with one attached hydrogen (secondary N) is 2. The predicted molar refractivity (Wildman–Crippen MR) is 142 cm³/mol. The molecule has 2 N–H and O–H groups in total. The molecule has 0 atom stereocenters. The molecule has 3 heterocycles. The summed E-state index contributed by atoms with van der Waals surface area (Å²) in [6.07, 6.45) is 0.998. The van der Waals surface area contributed by atoms with Gasteiger partial charge in [-0.3, -0.25) is 0 Å². The van der Waals surface area contributed by atoms with E-state index in [1.165, 1.54) is 11.1 Å². The standard InChI is InChI=1S/C26H30N6O2S/c1-33-22-8-6-19(7-9-22)17-27-26(35)30-25-28-23(31-12-14-34-15-13-31)16-24(29-25)32-11-10-20-4-2-3-5-21(20)18-32/h2-9,16H,10-15,17-18H2,1H3,(H2,27,28,29,30,35). The van der Waals surface area contributed by atoms with Crippen molar-refractivity contribution in [3.05, 3.63) is 71.3 Å². The maximum absolute atomic E-state index is 5.56. The summed E-state index contributed by atoms with van der Waals surface area (Å²) in [5.41, 5.74) is 3.86. The lowest BCUT2D eigenvalue weighted by Crippen LogP contribution is -2.38. The van der Waals surface area contributed by atoms with E-state index in [0.717, 1.165) is 55.5 Å². The number of rotatable bonds is 6. The first-order chi connectivity index (χ1) is 17.2. The Morgan fingerprint density at radius 2 is 1.69 bits per heavy atom. The van der Waals surface area contributed by atoms with Crippen molar-refractivity contribution in [1.29, 1.82) is 0 Å². The Hall–Kier alpha value is -3.43. The van der Waals surface area contributed by atoms with Gasteiger partial charge < -0.3 is 29.9 Å². The molecule has 2 aliphatic heterocycles. The highest BCUT2D eigenvalue weighted by Crippen LogP contribution is 2.27. The number of hydrogen-bond acceptors (Lipinski definition) is 7. The van der Waals surface area contributed by atoms with Gasteiger partial charge in [-0.2, -0.15) is 9.97 Å². The lowest BCUT2D eigenvalue weighted by molar-refractivity contribution is 0.122. The Balaban J connectivity index is 1.32. The summed E-state index contributed by atoms with van der Waals surface area (Å²) in [5.74, 6) is 3.11. The van der Waals surface area contributed by atoms with Crippen molar-refractivity contribution in [2.24, 2.45) is 0 Å². The fraction of sp³-hybridized carbons (Fsp3) is 0.346. The lowest BCUT2D eigenvalue weighted by atomic mass is 10.00. The number of nitrogens with zero attached hydrogens (tertiary/aromatic N) is 4. The molecule has 3 aromatic rings. The molecular weight excluding hydrogens is 460 g/mol. The average Bonchev–Trinajstić information content (AvgIpc) is 2.92. The van der Waals surface area contributed by atoms with Crippen LogP contribution < -0.4 is 25.2 Å². The van der Waals surface area contributed by atoms with Crippen LogP contribution in [0.4, 0.5) is 17.6 Å². The molecule has 9 heteroatoms. The van der Waals surface area contributed by atoms with Gasteiger partial charge >= 0.3 is 0 Å². The van der Waals surface area contributed by atoms with E-state index in [1.807, 2.05) is 24.3 Å². The van der Waals surface area contributed by atoms with E-state index in [2.05, 4.69) is 50.8 Å². The number of methoxy groups -OCH3 is 1. The fourth-order valence-corrected chi connectivity index (χ4v) is 4.52. The quantitative estimate of drug-likeness (QED) is 0.506. The maximum atomic E-state index is 5.56. The van der Waals surface area contributed by atoms with Crippen molar-refractivity contribution in [2.45, 2.75) is 19.5 Å². The molecule has 5 rings (SSSR count). The Kier molecular flexibility index (Phi) is 7.25. The van der Waals surface area contributed by atoms with Crippen LogP contribution in [0.3, 0.4) is 0 Å². The number of hydrogen-bond donors (Lipinski definition) is 2. The van der Waals surface area contributed by atoms with Crippen molar-refractivity contribution in [2.75, 3.05) is 55.1 Å². The number of benzene rings is 2. The van der Waals surface area contributed by atoms with Gasteiger partial charge in [-0.05, 0) is 47.5 Å². The largest absolute Gasteiger partial charge is 0.497 e. The third-order valence-corrected chi connectivity index (χ3v) is 6.57. The van der Waals surface area contributed by atoms with E-state index in [0.29, 0.717) is 30.8 Å². The zero-order chi connectivity index (χ0) is 24.0. The number of morpholine rings is 1. The van der Waals surface area contributed by atoms with Crippen molar-refractivity contribution >= 4 is 34.9 Å².